The van der Waals surface area contributed by atoms with Gasteiger partial charge in [-0.15, -0.1) is 0 Å². The molecule has 0 radical (unpaired) electrons. The van der Waals surface area contributed by atoms with Crippen molar-refractivity contribution >= 4 is 15.8 Å². The lowest BCUT2D eigenvalue weighted by Crippen LogP contribution is -2.18. The van der Waals surface area contributed by atoms with E-state index in [-0.39, 0.29) is 16.7 Å². The Hall–Kier alpha value is -1.60. The number of ether oxygens (including phenoxy) is 1. The van der Waals surface area contributed by atoms with Gasteiger partial charge < -0.3 is 15.2 Å². The Morgan fingerprint density at radius 2 is 2.15 bits per heavy atom. The Morgan fingerprint density at radius 3 is 2.65 bits per heavy atom. The predicted molar refractivity (Wildman–Crippen MR) is 72.6 cm³/mol. The van der Waals surface area contributed by atoms with Crippen LogP contribution in [0.4, 0.5) is 0 Å². The summed E-state index contributed by atoms with van der Waals surface area (Å²) >= 11 is 0. The molecule has 2 rings (SSSR count). The topological polar surface area (TPSA) is 92.7 Å². The molecule has 0 bridgehead atoms. The molecule has 0 saturated carbocycles. The number of hydrogen-bond acceptors (Lipinski definition) is 5. The van der Waals surface area contributed by atoms with E-state index in [2.05, 4.69) is 5.32 Å². The van der Waals surface area contributed by atoms with E-state index in [9.17, 15) is 13.2 Å². The highest BCUT2D eigenvalue weighted by Gasteiger charge is 2.33. The Kier molecular flexibility index (Phi) is 4.01. The molecule has 2 unspecified atom stereocenters. The van der Waals surface area contributed by atoms with Gasteiger partial charge in [0.05, 0.1) is 13.0 Å². The maximum atomic E-state index is 12.0. The number of sulfone groups is 1. The molecule has 6 nitrogen and oxygen atoms in total. The monoisotopic (exact) mass is 299 g/mol. The van der Waals surface area contributed by atoms with Crippen molar-refractivity contribution in [1.82, 2.24) is 5.32 Å². The first-order valence-corrected chi connectivity index (χ1v) is 8.07. The van der Waals surface area contributed by atoms with Crippen LogP contribution in [0.15, 0.2) is 23.1 Å². The average molecular weight is 299 g/mol. The van der Waals surface area contributed by atoms with Gasteiger partial charge in [-0.25, -0.2) is 8.42 Å². The largest absolute Gasteiger partial charge is 0.495 e. The quantitative estimate of drug-likeness (QED) is 0.855. The van der Waals surface area contributed by atoms with Crippen molar-refractivity contribution in [1.29, 1.82) is 0 Å². The number of benzene rings is 1. The second-order valence-electron chi connectivity index (χ2n) is 4.88. The van der Waals surface area contributed by atoms with Crippen LogP contribution in [0.1, 0.15) is 18.0 Å². The average Bonchev–Trinajstić information content (AvgIpc) is 2.86. The molecule has 7 heteroatoms. The molecular weight excluding hydrogens is 282 g/mol. The van der Waals surface area contributed by atoms with Gasteiger partial charge in [0, 0.05) is 18.8 Å². The number of nitrogens with one attached hydrogen (secondary N) is 1. The van der Waals surface area contributed by atoms with E-state index in [1.807, 2.05) is 0 Å². The highest BCUT2D eigenvalue weighted by Crippen LogP contribution is 2.36. The van der Waals surface area contributed by atoms with Crippen LogP contribution in [0.3, 0.4) is 0 Å². The van der Waals surface area contributed by atoms with Crippen LogP contribution < -0.4 is 10.1 Å². The number of carboxylic acid groups (broad SMARTS) is 1. The van der Waals surface area contributed by atoms with Crippen LogP contribution >= 0.6 is 0 Å². The predicted octanol–water partition coefficient (Wildman–Crippen LogP) is 0.834. The van der Waals surface area contributed by atoms with Gasteiger partial charge >= 0.3 is 5.97 Å². The lowest BCUT2D eigenvalue weighted by molar-refractivity contribution is -0.141. The van der Waals surface area contributed by atoms with Gasteiger partial charge in [0.1, 0.15) is 10.6 Å². The summed E-state index contributed by atoms with van der Waals surface area (Å²) in [7, 11) is -2.05. The van der Waals surface area contributed by atoms with Crippen molar-refractivity contribution in [3.8, 4) is 5.75 Å². The van der Waals surface area contributed by atoms with Gasteiger partial charge in [0.2, 0.25) is 0 Å². The fourth-order valence-electron chi connectivity index (χ4n) is 2.53. The first-order chi connectivity index (χ1) is 9.34. The maximum Gasteiger partial charge on any atom is 0.307 e. The summed E-state index contributed by atoms with van der Waals surface area (Å²) in [6, 6.07) is 4.69. The number of carbonyl (C=O) groups is 1. The number of aliphatic carboxylic acids is 1. The summed E-state index contributed by atoms with van der Waals surface area (Å²) < 4.78 is 29.1. The zero-order valence-corrected chi connectivity index (χ0v) is 12.1. The van der Waals surface area contributed by atoms with Crippen LogP contribution in [0.5, 0.6) is 5.75 Å². The second kappa shape index (κ2) is 5.41. The molecule has 20 heavy (non-hydrogen) atoms. The molecule has 0 aliphatic carbocycles. The number of carboxylic acids is 1. The standard InChI is InChI=1S/C13H17NO5S/c1-19-11-5-3-4-9(12(11)20(2,17)18)10-6-8(7-14-10)13(15)16/h3-5,8,10,14H,6-7H2,1-2H3,(H,15,16). The Balaban J connectivity index is 2.45. The Morgan fingerprint density at radius 1 is 1.45 bits per heavy atom. The summed E-state index contributed by atoms with van der Waals surface area (Å²) in [5, 5.41) is 12.1. The van der Waals surface area contributed by atoms with Crippen molar-refractivity contribution in [2.45, 2.75) is 17.4 Å². The molecule has 0 amide bonds. The van der Waals surface area contributed by atoms with Gasteiger partial charge in [-0.3, -0.25) is 4.79 Å². The van der Waals surface area contributed by atoms with Gasteiger partial charge in [0.15, 0.2) is 9.84 Å². The van der Waals surface area contributed by atoms with Crippen molar-refractivity contribution in [3.05, 3.63) is 23.8 Å². The van der Waals surface area contributed by atoms with E-state index in [4.69, 9.17) is 9.84 Å². The number of rotatable bonds is 4. The SMILES string of the molecule is COc1cccc(C2CC(C(=O)O)CN2)c1S(C)(=O)=O. The zero-order chi connectivity index (χ0) is 14.9. The van der Waals surface area contributed by atoms with Gasteiger partial charge in [-0.05, 0) is 18.1 Å². The van der Waals surface area contributed by atoms with Gasteiger partial charge in [0.25, 0.3) is 0 Å². The fraction of sp³-hybridized carbons (Fsp3) is 0.462. The summed E-state index contributed by atoms with van der Waals surface area (Å²) in [6.07, 6.45) is 1.49. The third kappa shape index (κ3) is 2.78. The molecule has 1 aromatic rings. The van der Waals surface area contributed by atoms with E-state index in [1.165, 1.54) is 7.11 Å². The lowest BCUT2D eigenvalue weighted by atomic mass is 10.00. The van der Waals surface area contributed by atoms with Crippen LogP contribution in [0.25, 0.3) is 0 Å². The molecule has 0 aromatic heterocycles. The molecule has 1 saturated heterocycles. The van der Waals surface area contributed by atoms with Crippen LogP contribution in [-0.4, -0.2) is 39.4 Å². The minimum Gasteiger partial charge on any atom is -0.495 e. The van der Waals surface area contributed by atoms with Crippen molar-refractivity contribution in [2.75, 3.05) is 19.9 Å². The summed E-state index contributed by atoms with van der Waals surface area (Å²) in [4.78, 5) is 11.1. The van der Waals surface area contributed by atoms with Crippen molar-refractivity contribution in [3.63, 3.8) is 0 Å². The first kappa shape index (κ1) is 14.8. The highest BCUT2D eigenvalue weighted by molar-refractivity contribution is 7.90. The molecule has 2 atom stereocenters. The van der Waals surface area contributed by atoms with Gasteiger partial charge in [-0.2, -0.15) is 0 Å². The molecule has 1 aliphatic heterocycles. The Labute approximate surface area is 117 Å². The van der Waals surface area contributed by atoms with E-state index >= 15 is 0 Å². The Bertz CT molecular complexity index is 626. The molecule has 2 N–H and O–H groups in total. The van der Waals surface area contributed by atoms with Crippen molar-refractivity contribution in [2.24, 2.45) is 5.92 Å². The maximum absolute atomic E-state index is 12.0. The summed E-state index contributed by atoms with van der Waals surface area (Å²) in [5.41, 5.74) is 0.565. The highest BCUT2D eigenvalue weighted by atomic mass is 32.2. The normalized spacial score (nSPS) is 22.7. The third-order valence-electron chi connectivity index (χ3n) is 3.46. The fourth-order valence-corrected chi connectivity index (χ4v) is 3.68. The number of methoxy groups -OCH3 is 1. The minimum atomic E-state index is -3.46. The molecule has 1 heterocycles. The minimum absolute atomic E-state index is 0.131. The van der Waals surface area contributed by atoms with Crippen LogP contribution in [0.2, 0.25) is 0 Å². The molecular formula is C13H17NO5S. The smallest absolute Gasteiger partial charge is 0.307 e. The van der Waals surface area contributed by atoms with E-state index in [0.717, 1.165) is 6.26 Å². The lowest BCUT2D eigenvalue weighted by Gasteiger charge is -2.17. The molecule has 1 aliphatic rings. The molecule has 1 fully saturated rings. The molecule has 1 aromatic carbocycles. The summed E-state index contributed by atoms with van der Waals surface area (Å²) in [6.45, 7) is 0.334. The van der Waals surface area contributed by atoms with Crippen LogP contribution in [0, 0.1) is 5.92 Å². The van der Waals surface area contributed by atoms with Crippen LogP contribution in [-0.2, 0) is 14.6 Å². The van der Waals surface area contributed by atoms with E-state index in [1.54, 1.807) is 18.2 Å². The molecule has 0 spiro atoms. The molecule has 110 valence electrons. The van der Waals surface area contributed by atoms with Crippen molar-refractivity contribution < 1.29 is 23.1 Å². The van der Waals surface area contributed by atoms with Gasteiger partial charge in [-0.1, -0.05) is 12.1 Å². The third-order valence-corrected chi connectivity index (χ3v) is 4.63. The zero-order valence-electron chi connectivity index (χ0n) is 11.3. The van der Waals surface area contributed by atoms with E-state index in [0.29, 0.717) is 18.5 Å². The first-order valence-electron chi connectivity index (χ1n) is 6.17. The van der Waals surface area contributed by atoms with E-state index < -0.39 is 21.7 Å². The second-order valence-corrected chi connectivity index (χ2v) is 6.84. The summed E-state index contributed by atoms with van der Waals surface area (Å²) in [5.74, 6) is -1.09. The number of hydrogen-bond donors (Lipinski definition) is 2.